The monoisotopic (exact) mass is 261 g/mol. The molecular weight excluding hydrogens is 250 g/mol. The van der Waals surface area contributed by atoms with Crippen LogP contribution in [0.3, 0.4) is 0 Å². The maximum absolute atomic E-state index is 12.0. The van der Waals surface area contributed by atoms with E-state index in [1.807, 2.05) is 19.1 Å². The number of anilines is 1. The van der Waals surface area contributed by atoms with Gasteiger partial charge in [-0.25, -0.2) is 0 Å². The molecule has 92 valence electrons. The third-order valence-corrected chi connectivity index (χ3v) is 2.90. The average molecular weight is 262 g/mol. The zero-order valence-corrected chi connectivity index (χ0v) is 10.5. The summed E-state index contributed by atoms with van der Waals surface area (Å²) in [5, 5.41) is 12.4. The van der Waals surface area contributed by atoms with Crippen molar-refractivity contribution >= 4 is 23.2 Å². The van der Waals surface area contributed by atoms with E-state index < -0.39 is 0 Å². The van der Waals surface area contributed by atoms with Gasteiger partial charge in [0.25, 0.3) is 5.91 Å². The standard InChI is InChI=1S/C14H12ClNO2/c1-9-3-2-4-12(15)13(9)16-14(18)10-5-7-11(17)8-6-10/h2-8,17H,1H3,(H,16,18). The van der Waals surface area contributed by atoms with E-state index in [1.165, 1.54) is 12.1 Å². The maximum Gasteiger partial charge on any atom is 0.255 e. The molecular formula is C14H12ClNO2. The number of carbonyl (C=O) groups is 1. The van der Waals surface area contributed by atoms with Crippen LogP contribution in [0.4, 0.5) is 5.69 Å². The van der Waals surface area contributed by atoms with Crippen LogP contribution in [0.25, 0.3) is 0 Å². The molecule has 3 nitrogen and oxygen atoms in total. The fourth-order valence-electron chi connectivity index (χ4n) is 1.59. The predicted molar refractivity (Wildman–Crippen MR) is 72.2 cm³/mol. The Hall–Kier alpha value is -2.00. The minimum absolute atomic E-state index is 0.125. The van der Waals surface area contributed by atoms with Crippen molar-refractivity contribution < 1.29 is 9.90 Å². The smallest absolute Gasteiger partial charge is 0.255 e. The molecule has 0 bridgehead atoms. The number of amides is 1. The van der Waals surface area contributed by atoms with Crippen LogP contribution < -0.4 is 5.32 Å². The lowest BCUT2D eigenvalue weighted by Gasteiger charge is -2.10. The van der Waals surface area contributed by atoms with Crippen molar-refractivity contribution in [1.29, 1.82) is 0 Å². The van der Waals surface area contributed by atoms with Crippen LogP contribution in [-0.2, 0) is 0 Å². The Morgan fingerprint density at radius 1 is 1.17 bits per heavy atom. The number of benzene rings is 2. The van der Waals surface area contributed by atoms with Gasteiger partial charge < -0.3 is 10.4 Å². The van der Waals surface area contributed by atoms with Crippen molar-refractivity contribution in [1.82, 2.24) is 0 Å². The lowest BCUT2D eigenvalue weighted by atomic mass is 10.1. The number of aryl methyl sites for hydroxylation is 1. The first kappa shape index (κ1) is 12.5. The normalized spacial score (nSPS) is 10.1. The lowest BCUT2D eigenvalue weighted by Crippen LogP contribution is -2.12. The minimum Gasteiger partial charge on any atom is -0.508 e. The molecule has 0 fully saturated rings. The zero-order chi connectivity index (χ0) is 13.1. The Balaban J connectivity index is 2.24. The van der Waals surface area contributed by atoms with Gasteiger partial charge in [0.15, 0.2) is 0 Å². The Labute approximate surface area is 110 Å². The molecule has 0 spiro atoms. The summed E-state index contributed by atoms with van der Waals surface area (Å²) >= 11 is 6.03. The number of rotatable bonds is 2. The molecule has 2 aromatic rings. The Morgan fingerprint density at radius 2 is 1.83 bits per heavy atom. The van der Waals surface area contributed by atoms with Gasteiger partial charge in [-0.15, -0.1) is 0 Å². The summed E-state index contributed by atoms with van der Waals surface area (Å²) in [6.45, 7) is 1.87. The molecule has 2 N–H and O–H groups in total. The molecule has 0 aliphatic rings. The number of halogens is 1. The highest BCUT2D eigenvalue weighted by Gasteiger charge is 2.10. The second-order valence-corrected chi connectivity index (χ2v) is 4.34. The van der Waals surface area contributed by atoms with E-state index >= 15 is 0 Å². The highest BCUT2D eigenvalue weighted by molar-refractivity contribution is 6.34. The van der Waals surface area contributed by atoms with Gasteiger partial charge in [0.1, 0.15) is 5.75 Å². The van der Waals surface area contributed by atoms with Crippen molar-refractivity contribution in [2.45, 2.75) is 6.92 Å². The maximum atomic E-state index is 12.0. The highest BCUT2D eigenvalue weighted by atomic mass is 35.5. The number of nitrogens with one attached hydrogen (secondary N) is 1. The van der Waals surface area contributed by atoms with Crippen LogP contribution in [0.1, 0.15) is 15.9 Å². The summed E-state index contributed by atoms with van der Waals surface area (Å²) in [6, 6.07) is 11.5. The van der Waals surface area contributed by atoms with E-state index in [4.69, 9.17) is 16.7 Å². The van der Waals surface area contributed by atoms with E-state index in [0.717, 1.165) is 5.56 Å². The number of phenols is 1. The van der Waals surface area contributed by atoms with Gasteiger partial charge in [0.05, 0.1) is 10.7 Å². The number of phenolic OH excluding ortho intramolecular Hbond substituents is 1. The third kappa shape index (κ3) is 2.63. The van der Waals surface area contributed by atoms with Gasteiger partial charge in [-0.3, -0.25) is 4.79 Å². The van der Waals surface area contributed by atoms with Gasteiger partial charge in [0.2, 0.25) is 0 Å². The summed E-state index contributed by atoms with van der Waals surface area (Å²) in [4.78, 5) is 12.0. The summed E-state index contributed by atoms with van der Waals surface area (Å²) in [7, 11) is 0. The third-order valence-electron chi connectivity index (χ3n) is 2.59. The summed E-state index contributed by atoms with van der Waals surface area (Å²) in [5.74, 6) is -0.133. The quantitative estimate of drug-likeness (QED) is 0.868. The molecule has 4 heteroatoms. The lowest BCUT2D eigenvalue weighted by molar-refractivity contribution is 0.102. The van der Waals surface area contributed by atoms with Gasteiger partial charge in [0, 0.05) is 5.56 Å². The molecule has 0 radical (unpaired) electrons. The SMILES string of the molecule is Cc1cccc(Cl)c1NC(=O)c1ccc(O)cc1. The second kappa shape index (κ2) is 5.10. The second-order valence-electron chi connectivity index (χ2n) is 3.93. The fourth-order valence-corrected chi connectivity index (χ4v) is 1.86. The number of aromatic hydroxyl groups is 1. The van der Waals surface area contributed by atoms with Crippen molar-refractivity contribution in [3.8, 4) is 5.75 Å². The van der Waals surface area contributed by atoms with Gasteiger partial charge in [-0.1, -0.05) is 23.7 Å². The van der Waals surface area contributed by atoms with Gasteiger partial charge in [-0.2, -0.15) is 0 Å². The Morgan fingerprint density at radius 3 is 2.44 bits per heavy atom. The molecule has 0 aromatic heterocycles. The van der Waals surface area contributed by atoms with Crippen molar-refractivity contribution in [2.24, 2.45) is 0 Å². The van der Waals surface area contributed by atoms with Crippen LogP contribution in [0.15, 0.2) is 42.5 Å². The van der Waals surface area contributed by atoms with E-state index in [0.29, 0.717) is 16.3 Å². The molecule has 2 rings (SSSR count). The number of hydrogen-bond donors (Lipinski definition) is 2. The van der Waals surface area contributed by atoms with Crippen molar-refractivity contribution in [3.63, 3.8) is 0 Å². The summed E-state index contributed by atoms with van der Waals surface area (Å²) in [5.41, 5.74) is 1.97. The number of para-hydroxylation sites is 1. The molecule has 0 atom stereocenters. The first-order valence-corrected chi connectivity index (χ1v) is 5.81. The molecule has 1 amide bonds. The molecule has 0 saturated carbocycles. The van der Waals surface area contributed by atoms with Crippen LogP contribution in [0.2, 0.25) is 5.02 Å². The van der Waals surface area contributed by atoms with Crippen LogP contribution in [0.5, 0.6) is 5.75 Å². The summed E-state index contributed by atoms with van der Waals surface area (Å²) in [6.07, 6.45) is 0. The zero-order valence-electron chi connectivity index (χ0n) is 9.77. The molecule has 0 aliphatic heterocycles. The molecule has 0 saturated heterocycles. The van der Waals surface area contributed by atoms with Crippen LogP contribution >= 0.6 is 11.6 Å². The molecule has 18 heavy (non-hydrogen) atoms. The van der Waals surface area contributed by atoms with E-state index in [1.54, 1.807) is 18.2 Å². The largest absolute Gasteiger partial charge is 0.508 e. The Bertz CT molecular complexity index is 559. The number of hydrogen-bond acceptors (Lipinski definition) is 2. The highest BCUT2D eigenvalue weighted by Crippen LogP contribution is 2.25. The molecule has 0 aliphatic carbocycles. The van der Waals surface area contributed by atoms with Crippen LogP contribution in [-0.4, -0.2) is 11.0 Å². The first-order chi connectivity index (χ1) is 8.58. The minimum atomic E-state index is -0.258. The average Bonchev–Trinajstić information content (AvgIpc) is 2.34. The van der Waals surface area contributed by atoms with Crippen molar-refractivity contribution in [2.75, 3.05) is 5.32 Å². The van der Waals surface area contributed by atoms with E-state index in [2.05, 4.69) is 5.32 Å². The predicted octanol–water partition coefficient (Wildman–Crippen LogP) is 3.61. The van der Waals surface area contributed by atoms with E-state index in [9.17, 15) is 4.79 Å². The topological polar surface area (TPSA) is 49.3 Å². The van der Waals surface area contributed by atoms with E-state index in [-0.39, 0.29) is 11.7 Å². The Kier molecular flexibility index (Phi) is 3.53. The first-order valence-electron chi connectivity index (χ1n) is 5.43. The summed E-state index contributed by atoms with van der Waals surface area (Å²) < 4.78 is 0. The number of carbonyl (C=O) groups excluding carboxylic acids is 1. The van der Waals surface area contributed by atoms with Crippen molar-refractivity contribution in [3.05, 3.63) is 58.6 Å². The molecule has 2 aromatic carbocycles. The molecule has 0 unspecified atom stereocenters. The molecule has 0 heterocycles. The van der Waals surface area contributed by atoms with Gasteiger partial charge in [-0.05, 0) is 42.8 Å². The fraction of sp³-hybridized carbons (Fsp3) is 0.0714. The van der Waals surface area contributed by atoms with Gasteiger partial charge >= 0.3 is 0 Å². The van der Waals surface area contributed by atoms with Crippen LogP contribution in [0, 0.1) is 6.92 Å².